The van der Waals surface area contributed by atoms with E-state index >= 15 is 0 Å². The monoisotopic (exact) mass is 267 g/mol. The number of aromatic nitrogens is 1. The van der Waals surface area contributed by atoms with Gasteiger partial charge in [-0.15, -0.1) is 0 Å². The Kier molecular flexibility index (Phi) is 5.26. The maximum Gasteiger partial charge on any atom is 0.0822 e. The number of pyridine rings is 1. The molecule has 2 rings (SSSR count). The van der Waals surface area contributed by atoms with Crippen molar-refractivity contribution in [1.82, 2.24) is 10.3 Å². The number of nitrogens with one attached hydrogen (secondary N) is 1. The standard InChI is InChI=1S/C14H22ClN3/c1-2-9-18(11-12-3-6-16-7-4-12)14-5-8-17-10-13(14)15/h5,8,10,12,16H,2-4,6-7,9,11H2,1H3. The molecule has 3 nitrogen and oxygen atoms in total. The predicted molar refractivity (Wildman–Crippen MR) is 77.3 cm³/mol. The van der Waals surface area contributed by atoms with Crippen molar-refractivity contribution in [3.8, 4) is 0 Å². The lowest BCUT2D eigenvalue weighted by molar-refractivity contribution is 0.373. The number of nitrogens with zero attached hydrogens (tertiary/aromatic N) is 2. The highest BCUT2D eigenvalue weighted by molar-refractivity contribution is 6.33. The van der Waals surface area contributed by atoms with E-state index in [0.717, 1.165) is 49.2 Å². The maximum atomic E-state index is 6.26. The van der Waals surface area contributed by atoms with Gasteiger partial charge in [0.15, 0.2) is 0 Å². The van der Waals surface area contributed by atoms with Gasteiger partial charge in [0, 0.05) is 25.5 Å². The van der Waals surface area contributed by atoms with Gasteiger partial charge < -0.3 is 10.2 Å². The molecule has 1 aromatic rings. The van der Waals surface area contributed by atoms with Gasteiger partial charge in [-0.1, -0.05) is 18.5 Å². The molecule has 1 aliphatic heterocycles. The molecular formula is C14H22ClN3. The van der Waals surface area contributed by atoms with E-state index in [2.05, 4.69) is 22.1 Å². The van der Waals surface area contributed by atoms with Crippen LogP contribution in [0.15, 0.2) is 18.5 Å². The number of halogens is 1. The number of rotatable bonds is 5. The highest BCUT2D eigenvalue weighted by Crippen LogP contribution is 2.26. The first-order chi connectivity index (χ1) is 8.81. The van der Waals surface area contributed by atoms with E-state index in [1.807, 2.05) is 12.3 Å². The Bertz CT molecular complexity index is 364. The normalized spacial score (nSPS) is 16.8. The first kappa shape index (κ1) is 13.6. The topological polar surface area (TPSA) is 28.2 Å². The fourth-order valence-corrected chi connectivity index (χ4v) is 2.82. The Morgan fingerprint density at radius 3 is 2.89 bits per heavy atom. The average Bonchev–Trinajstić information content (AvgIpc) is 2.40. The third-order valence-electron chi connectivity index (χ3n) is 3.52. The SMILES string of the molecule is CCCN(CC1CCNCC1)c1ccncc1Cl. The molecule has 0 unspecified atom stereocenters. The highest BCUT2D eigenvalue weighted by Gasteiger charge is 2.18. The van der Waals surface area contributed by atoms with Crippen LogP contribution in [0.2, 0.25) is 5.02 Å². The summed E-state index contributed by atoms with van der Waals surface area (Å²) in [7, 11) is 0. The van der Waals surface area contributed by atoms with Crippen molar-refractivity contribution in [2.24, 2.45) is 5.92 Å². The molecule has 0 aliphatic carbocycles. The molecule has 0 bridgehead atoms. The lowest BCUT2D eigenvalue weighted by Crippen LogP contribution is -2.36. The molecule has 18 heavy (non-hydrogen) atoms. The van der Waals surface area contributed by atoms with Crippen LogP contribution in [0.3, 0.4) is 0 Å². The zero-order chi connectivity index (χ0) is 12.8. The smallest absolute Gasteiger partial charge is 0.0822 e. The Morgan fingerprint density at radius 2 is 2.22 bits per heavy atom. The van der Waals surface area contributed by atoms with Crippen LogP contribution in [-0.2, 0) is 0 Å². The van der Waals surface area contributed by atoms with Crippen LogP contribution in [0.25, 0.3) is 0 Å². The van der Waals surface area contributed by atoms with Crippen molar-refractivity contribution in [3.63, 3.8) is 0 Å². The Hall–Kier alpha value is -0.800. The molecule has 1 aliphatic rings. The van der Waals surface area contributed by atoms with E-state index < -0.39 is 0 Å². The third kappa shape index (κ3) is 3.59. The Labute approximate surface area is 115 Å². The van der Waals surface area contributed by atoms with Crippen LogP contribution in [-0.4, -0.2) is 31.2 Å². The summed E-state index contributed by atoms with van der Waals surface area (Å²) < 4.78 is 0. The van der Waals surface area contributed by atoms with Gasteiger partial charge in [0.05, 0.1) is 10.7 Å². The molecule has 1 saturated heterocycles. The van der Waals surface area contributed by atoms with Crippen LogP contribution >= 0.6 is 11.6 Å². The van der Waals surface area contributed by atoms with Gasteiger partial charge >= 0.3 is 0 Å². The van der Waals surface area contributed by atoms with Gasteiger partial charge in [0.2, 0.25) is 0 Å². The number of anilines is 1. The second-order valence-corrected chi connectivity index (χ2v) is 5.37. The van der Waals surface area contributed by atoms with Crippen LogP contribution in [0.5, 0.6) is 0 Å². The van der Waals surface area contributed by atoms with Crippen molar-refractivity contribution in [2.75, 3.05) is 31.1 Å². The van der Waals surface area contributed by atoms with Gasteiger partial charge in [-0.3, -0.25) is 4.98 Å². The summed E-state index contributed by atoms with van der Waals surface area (Å²) in [6, 6.07) is 2.03. The zero-order valence-electron chi connectivity index (χ0n) is 11.0. The fourth-order valence-electron chi connectivity index (χ4n) is 2.58. The van der Waals surface area contributed by atoms with E-state index in [1.165, 1.54) is 12.8 Å². The largest absolute Gasteiger partial charge is 0.370 e. The lowest BCUT2D eigenvalue weighted by atomic mass is 9.97. The molecule has 0 aromatic carbocycles. The third-order valence-corrected chi connectivity index (χ3v) is 3.81. The van der Waals surface area contributed by atoms with Crippen molar-refractivity contribution in [2.45, 2.75) is 26.2 Å². The van der Waals surface area contributed by atoms with E-state index in [1.54, 1.807) is 6.20 Å². The summed E-state index contributed by atoms with van der Waals surface area (Å²) in [4.78, 5) is 6.48. The molecule has 0 spiro atoms. The van der Waals surface area contributed by atoms with Crippen molar-refractivity contribution >= 4 is 17.3 Å². The van der Waals surface area contributed by atoms with Crippen molar-refractivity contribution < 1.29 is 0 Å². The first-order valence-electron chi connectivity index (χ1n) is 6.86. The number of hydrogen-bond acceptors (Lipinski definition) is 3. The molecule has 1 N–H and O–H groups in total. The predicted octanol–water partition coefficient (Wildman–Crippen LogP) is 2.95. The number of piperidine rings is 1. The Morgan fingerprint density at radius 1 is 1.44 bits per heavy atom. The molecule has 1 aromatic heterocycles. The fraction of sp³-hybridized carbons (Fsp3) is 0.643. The van der Waals surface area contributed by atoms with Crippen LogP contribution in [0.4, 0.5) is 5.69 Å². The molecule has 100 valence electrons. The van der Waals surface area contributed by atoms with E-state index in [4.69, 9.17) is 11.6 Å². The van der Waals surface area contributed by atoms with Crippen molar-refractivity contribution in [1.29, 1.82) is 0 Å². The van der Waals surface area contributed by atoms with E-state index in [0.29, 0.717) is 0 Å². The summed E-state index contributed by atoms with van der Waals surface area (Å²) in [5.74, 6) is 0.780. The average molecular weight is 268 g/mol. The molecule has 0 atom stereocenters. The van der Waals surface area contributed by atoms with Crippen LogP contribution < -0.4 is 10.2 Å². The minimum absolute atomic E-state index is 0.764. The molecule has 0 amide bonds. The number of hydrogen-bond donors (Lipinski definition) is 1. The summed E-state index contributed by atoms with van der Waals surface area (Å²) in [5.41, 5.74) is 1.13. The summed E-state index contributed by atoms with van der Waals surface area (Å²) in [6.45, 7) is 6.68. The highest BCUT2D eigenvalue weighted by atomic mass is 35.5. The van der Waals surface area contributed by atoms with Crippen molar-refractivity contribution in [3.05, 3.63) is 23.5 Å². The first-order valence-corrected chi connectivity index (χ1v) is 7.24. The minimum Gasteiger partial charge on any atom is -0.370 e. The second kappa shape index (κ2) is 6.95. The van der Waals surface area contributed by atoms with Gasteiger partial charge in [-0.05, 0) is 44.3 Å². The van der Waals surface area contributed by atoms with E-state index in [9.17, 15) is 0 Å². The molecule has 2 heterocycles. The second-order valence-electron chi connectivity index (χ2n) is 4.97. The Balaban J connectivity index is 2.05. The minimum atomic E-state index is 0.764. The summed E-state index contributed by atoms with van der Waals surface area (Å²) in [6.07, 6.45) is 7.24. The summed E-state index contributed by atoms with van der Waals surface area (Å²) in [5, 5.41) is 4.18. The molecule has 4 heteroatoms. The maximum absolute atomic E-state index is 6.26. The van der Waals surface area contributed by atoms with E-state index in [-0.39, 0.29) is 0 Å². The quantitative estimate of drug-likeness (QED) is 0.889. The van der Waals surface area contributed by atoms with Gasteiger partial charge in [-0.25, -0.2) is 0 Å². The molecule has 0 saturated carbocycles. The van der Waals surface area contributed by atoms with Crippen LogP contribution in [0.1, 0.15) is 26.2 Å². The zero-order valence-corrected chi connectivity index (χ0v) is 11.8. The lowest BCUT2D eigenvalue weighted by Gasteiger charge is -2.31. The molecular weight excluding hydrogens is 246 g/mol. The van der Waals surface area contributed by atoms with Gasteiger partial charge in [0.1, 0.15) is 0 Å². The van der Waals surface area contributed by atoms with Crippen LogP contribution in [0, 0.1) is 5.92 Å². The summed E-state index contributed by atoms with van der Waals surface area (Å²) >= 11 is 6.26. The molecule has 1 fully saturated rings. The van der Waals surface area contributed by atoms with Gasteiger partial charge in [-0.2, -0.15) is 0 Å². The van der Waals surface area contributed by atoms with Gasteiger partial charge in [0.25, 0.3) is 0 Å². The molecule has 0 radical (unpaired) electrons.